The van der Waals surface area contributed by atoms with Crippen molar-refractivity contribution in [2.45, 2.75) is 18.7 Å². The maximum atomic E-state index is 12.2. The van der Waals surface area contributed by atoms with Crippen LogP contribution in [0.3, 0.4) is 0 Å². The van der Waals surface area contributed by atoms with E-state index in [1.165, 1.54) is 12.5 Å². The van der Waals surface area contributed by atoms with Crippen molar-refractivity contribution in [2.24, 2.45) is 5.92 Å². The lowest BCUT2D eigenvalue weighted by Crippen LogP contribution is -2.07. The Balaban J connectivity index is 2.53. The second-order valence-electron chi connectivity index (χ2n) is 4.86. The highest BCUT2D eigenvalue weighted by molar-refractivity contribution is 7.94. The number of aromatic amines is 1. The highest BCUT2D eigenvalue weighted by atomic mass is 32.2. The first-order valence-electron chi connectivity index (χ1n) is 6.43. The first-order valence-corrected chi connectivity index (χ1v) is 7.97. The number of nitrogens with zero attached hydrogens (tertiary/aromatic N) is 2. The molecule has 2 rings (SSSR count). The van der Waals surface area contributed by atoms with Gasteiger partial charge in [-0.05, 0) is 12.0 Å². The second-order valence-corrected chi connectivity index (χ2v) is 6.66. The summed E-state index contributed by atoms with van der Waals surface area (Å²) in [5.74, 6) is 0.509. The largest absolute Gasteiger partial charge is 0.477 e. The van der Waals surface area contributed by atoms with Gasteiger partial charge in [-0.2, -0.15) is 0 Å². The summed E-state index contributed by atoms with van der Waals surface area (Å²) in [5.41, 5.74) is 0.389. The van der Waals surface area contributed by atoms with Crippen LogP contribution in [0, 0.1) is 5.92 Å². The van der Waals surface area contributed by atoms with Crippen molar-refractivity contribution in [2.75, 3.05) is 13.2 Å². The topological polar surface area (TPSA) is 105 Å². The first-order chi connectivity index (χ1) is 9.95. The van der Waals surface area contributed by atoms with Gasteiger partial charge in [-0.3, -0.25) is 0 Å². The zero-order valence-corrected chi connectivity index (χ0v) is 12.6. The van der Waals surface area contributed by atoms with Gasteiger partial charge in [0.05, 0.1) is 18.6 Å². The van der Waals surface area contributed by atoms with E-state index in [1.807, 2.05) is 13.8 Å². The molecule has 2 N–H and O–H groups in total. The summed E-state index contributed by atoms with van der Waals surface area (Å²) in [7, 11) is -3.70. The number of aliphatic hydroxyl groups is 1. The van der Waals surface area contributed by atoms with E-state index in [9.17, 15) is 8.42 Å². The van der Waals surface area contributed by atoms with E-state index >= 15 is 0 Å². The molecule has 0 aliphatic rings. The van der Waals surface area contributed by atoms with Crippen LogP contribution in [0.2, 0.25) is 0 Å². The predicted molar refractivity (Wildman–Crippen MR) is 77.6 cm³/mol. The minimum absolute atomic E-state index is 0.0292. The van der Waals surface area contributed by atoms with Gasteiger partial charge >= 0.3 is 0 Å². The average molecular weight is 311 g/mol. The number of sulfone groups is 1. The van der Waals surface area contributed by atoms with Crippen molar-refractivity contribution in [1.82, 2.24) is 15.0 Å². The van der Waals surface area contributed by atoms with Crippen LogP contribution >= 0.6 is 0 Å². The standard InChI is InChI=1S/C13H17N3O4S/c1-9(2)7-20-13-11-10(21(18,19)5-3-4-17)6-14-12(11)15-8-16-13/h3,5-6,8-9,17H,4,7H2,1-2H3,(H,14,15,16)/b5-3-. The van der Waals surface area contributed by atoms with Gasteiger partial charge in [-0.1, -0.05) is 13.8 Å². The number of nitrogens with one attached hydrogen (secondary N) is 1. The quantitative estimate of drug-likeness (QED) is 0.832. The summed E-state index contributed by atoms with van der Waals surface area (Å²) in [6.07, 6.45) is 3.82. The van der Waals surface area contributed by atoms with Gasteiger partial charge in [0.2, 0.25) is 15.7 Å². The molecule has 0 bridgehead atoms. The lowest BCUT2D eigenvalue weighted by atomic mass is 10.2. The third-order valence-corrected chi connectivity index (χ3v) is 4.13. The van der Waals surface area contributed by atoms with Gasteiger partial charge in [0.1, 0.15) is 16.9 Å². The Hall–Kier alpha value is -1.93. The van der Waals surface area contributed by atoms with Gasteiger partial charge in [0.15, 0.2) is 0 Å². The Bertz CT molecular complexity index is 750. The monoisotopic (exact) mass is 311 g/mol. The molecule has 0 spiro atoms. The van der Waals surface area contributed by atoms with E-state index in [-0.39, 0.29) is 23.3 Å². The maximum absolute atomic E-state index is 12.2. The molecule has 7 nitrogen and oxygen atoms in total. The van der Waals surface area contributed by atoms with Crippen LogP contribution in [0.5, 0.6) is 5.88 Å². The molecule has 2 heterocycles. The number of ether oxygens (including phenoxy) is 1. The average Bonchev–Trinajstić information content (AvgIpc) is 2.88. The zero-order chi connectivity index (χ0) is 15.5. The summed E-state index contributed by atoms with van der Waals surface area (Å²) in [5, 5.41) is 10.0. The van der Waals surface area contributed by atoms with E-state index < -0.39 is 9.84 Å². The second kappa shape index (κ2) is 6.23. The molecule has 0 aliphatic heterocycles. The number of hydrogen-bond acceptors (Lipinski definition) is 6. The third-order valence-electron chi connectivity index (χ3n) is 2.64. The Kier molecular flexibility index (Phi) is 4.59. The number of aliphatic hydroxyl groups excluding tert-OH is 1. The third kappa shape index (κ3) is 3.40. The van der Waals surface area contributed by atoms with Crippen LogP contribution < -0.4 is 4.74 Å². The van der Waals surface area contributed by atoms with Crippen LogP contribution in [0.15, 0.2) is 28.9 Å². The van der Waals surface area contributed by atoms with Crippen LogP contribution in [0.1, 0.15) is 13.8 Å². The Labute approximate surface area is 122 Å². The molecule has 21 heavy (non-hydrogen) atoms. The molecule has 0 aliphatic carbocycles. The molecule has 0 aromatic carbocycles. The van der Waals surface area contributed by atoms with Gasteiger partial charge in [0.25, 0.3) is 0 Å². The molecular weight excluding hydrogens is 294 g/mol. The van der Waals surface area contributed by atoms with Gasteiger partial charge < -0.3 is 14.8 Å². The van der Waals surface area contributed by atoms with E-state index in [1.54, 1.807) is 0 Å². The summed E-state index contributed by atoms with van der Waals surface area (Å²) < 4.78 is 30.0. The normalized spacial score (nSPS) is 12.6. The molecule has 0 unspecified atom stereocenters. The number of H-pyrrole nitrogens is 1. The smallest absolute Gasteiger partial charge is 0.227 e. The Morgan fingerprint density at radius 3 is 2.86 bits per heavy atom. The van der Waals surface area contributed by atoms with Crippen molar-refractivity contribution in [3.05, 3.63) is 24.0 Å². The van der Waals surface area contributed by atoms with Gasteiger partial charge in [0, 0.05) is 11.6 Å². The minimum Gasteiger partial charge on any atom is -0.477 e. The highest BCUT2D eigenvalue weighted by Crippen LogP contribution is 2.29. The van der Waals surface area contributed by atoms with Crippen LogP contribution in [0.4, 0.5) is 0 Å². The molecule has 0 fully saturated rings. The molecule has 0 radical (unpaired) electrons. The summed E-state index contributed by atoms with van der Waals surface area (Å²) in [6.45, 7) is 4.03. The lowest BCUT2D eigenvalue weighted by Gasteiger charge is -2.08. The molecule has 0 saturated carbocycles. The molecule has 2 aromatic rings. The Morgan fingerprint density at radius 2 is 2.19 bits per heavy atom. The molecular formula is C13H17N3O4S. The molecule has 114 valence electrons. The maximum Gasteiger partial charge on any atom is 0.227 e. The summed E-state index contributed by atoms with van der Waals surface area (Å²) >= 11 is 0. The number of rotatable bonds is 6. The predicted octanol–water partition coefficient (Wildman–Crippen LogP) is 1.27. The van der Waals surface area contributed by atoms with Crippen LogP contribution in [-0.2, 0) is 9.84 Å². The van der Waals surface area contributed by atoms with Crippen molar-refractivity contribution in [3.8, 4) is 5.88 Å². The van der Waals surface area contributed by atoms with Crippen molar-refractivity contribution in [1.29, 1.82) is 0 Å². The highest BCUT2D eigenvalue weighted by Gasteiger charge is 2.21. The minimum atomic E-state index is -3.70. The fourth-order valence-electron chi connectivity index (χ4n) is 1.73. The van der Waals surface area contributed by atoms with Crippen LogP contribution in [0.25, 0.3) is 11.0 Å². The van der Waals surface area contributed by atoms with Crippen molar-refractivity contribution < 1.29 is 18.3 Å². The Morgan fingerprint density at radius 1 is 1.43 bits per heavy atom. The van der Waals surface area contributed by atoms with Crippen LogP contribution in [-0.4, -0.2) is 41.7 Å². The SMILES string of the molecule is CC(C)COc1ncnc2[nH]cc(S(=O)(=O)/C=C\CO)c12. The number of fused-ring (bicyclic) bond motifs is 1. The fourth-order valence-corrected chi connectivity index (χ4v) is 2.91. The molecule has 0 saturated heterocycles. The number of hydrogen-bond donors (Lipinski definition) is 2. The molecule has 0 atom stereocenters. The first kappa shape index (κ1) is 15.5. The van der Waals surface area contributed by atoms with Gasteiger partial charge in [-0.15, -0.1) is 0 Å². The van der Waals surface area contributed by atoms with Crippen molar-refractivity contribution >= 4 is 20.9 Å². The van der Waals surface area contributed by atoms with Gasteiger partial charge in [-0.25, -0.2) is 18.4 Å². The zero-order valence-electron chi connectivity index (χ0n) is 11.8. The fraction of sp³-hybridized carbons (Fsp3) is 0.385. The van der Waals surface area contributed by atoms with Crippen molar-refractivity contribution in [3.63, 3.8) is 0 Å². The van der Waals surface area contributed by atoms with E-state index in [0.717, 1.165) is 11.5 Å². The van der Waals surface area contributed by atoms with E-state index in [4.69, 9.17) is 9.84 Å². The molecule has 8 heteroatoms. The lowest BCUT2D eigenvalue weighted by molar-refractivity contribution is 0.264. The molecule has 2 aromatic heterocycles. The molecule has 0 amide bonds. The van der Waals surface area contributed by atoms with E-state index in [2.05, 4.69) is 15.0 Å². The number of aromatic nitrogens is 3. The van der Waals surface area contributed by atoms with E-state index in [0.29, 0.717) is 17.6 Å². The summed E-state index contributed by atoms with van der Waals surface area (Å²) in [4.78, 5) is 10.8. The summed E-state index contributed by atoms with van der Waals surface area (Å²) in [6, 6.07) is 0.